The van der Waals surface area contributed by atoms with Crippen LogP contribution in [0.25, 0.3) is 0 Å². The Morgan fingerprint density at radius 3 is 2.69 bits per heavy atom. The van der Waals surface area contributed by atoms with Crippen molar-refractivity contribution in [2.24, 2.45) is 0 Å². The highest BCUT2D eigenvalue weighted by Gasteiger charge is 2.10. The highest BCUT2D eigenvalue weighted by atomic mass is 35.5. The van der Waals surface area contributed by atoms with E-state index < -0.39 is 0 Å². The lowest BCUT2D eigenvalue weighted by Gasteiger charge is -2.07. The highest BCUT2D eigenvalue weighted by Crippen LogP contribution is 2.33. The van der Waals surface area contributed by atoms with Gasteiger partial charge in [0.25, 0.3) is 0 Å². The lowest BCUT2D eigenvalue weighted by atomic mass is 10.1. The molecule has 0 aliphatic heterocycles. The lowest BCUT2D eigenvalue weighted by molar-refractivity contribution is 0.414. The van der Waals surface area contributed by atoms with Crippen LogP contribution in [0.3, 0.4) is 0 Å². The molecule has 0 aliphatic rings. The number of benzene rings is 1. The second-order valence-corrected chi connectivity index (χ2v) is 3.16. The zero-order valence-electron chi connectivity index (χ0n) is 6.97. The Balaban J connectivity index is 3.23. The second-order valence-electron chi connectivity index (χ2n) is 2.38. The minimum absolute atomic E-state index is 0.189. The van der Waals surface area contributed by atoms with Crippen LogP contribution in [0.1, 0.15) is 5.56 Å². The smallest absolute Gasteiger partial charge is 0.137 e. The molecule has 0 bridgehead atoms. The summed E-state index contributed by atoms with van der Waals surface area (Å²) in [6.07, 6.45) is 0.189. The molecule has 0 aromatic heterocycles. The van der Waals surface area contributed by atoms with Gasteiger partial charge in [0.2, 0.25) is 0 Å². The van der Waals surface area contributed by atoms with Crippen molar-refractivity contribution >= 4 is 23.2 Å². The summed E-state index contributed by atoms with van der Waals surface area (Å²) < 4.78 is 4.99. The Labute approximate surface area is 86.6 Å². The lowest BCUT2D eigenvalue weighted by Crippen LogP contribution is -1.90. The molecule has 4 heteroatoms. The average Bonchev–Trinajstić information content (AvgIpc) is 2.12. The van der Waals surface area contributed by atoms with Crippen LogP contribution < -0.4 is 4.74 Å². The third-order valence-electron chi connectivity index (χ3n) is 1.63. The second kappa shape index (κ2) is 4.36. The van der Waals surface area contributed by atoms with E-state index in [0.717, 1.165) is 0 Å². The monoisotopic (exact) mass is 215 g/mol. The van der Waals surface area contributed by atoms with Crippen LogP contribution in [-0.4, -0.2) is 7.11 Å². The van der Waals surface area contributed by atoms with Gasteiger partial charge in [0.05, 0.1) is 24.6 Å². The van der Waals surface area contributed by atoms with Crippen LogP contribution >= 0.6 is 23.2 Å². The zero-order chi connectivity index (χ0) is 9.84. The van der Waals surface area contributed by atoms with Crippen molar-refractivity contribution in [3.05, 3.63) is 27.7 Å². The van der Waals surface area contributed by atoms with Gasteiger partial charge >= 0.3 is 0 Å². The number of nitriles is 1. The van der Waals surface area contributed by atoms with Gasteiger partial charge in [-0.3, -0.25) is 0 Å². The Hall–Kier alpha value is -0.910. The van der Waals surface area contributed by atoms with E-state index in [1.54, 1.807) is 12.1 Å². The summed E-state index contributed by atoms with van der Waals surface area (Å²) >= 11 is 11.8. The van der Waals surface area contributed by atoms with Crippen LogP contribution in [0, 0.1) is 11.3 Å². The van der Waals surface area contributed by atoms with Gasteiger partial charge in [-0.1, -0.05) is 23.2 Å². The van der Waals surface area contributed by atoms with Crippen molar-refractivity contribution in [1.82, 2.24) is 0 Å². The zero-order valence-corrected chi connectivity index (χ0v) is 8.49. The minimum Gasteiger partial charge on any atom is -0.495 e. The fourth-order valence-corrected chi connectivity index (χ4v) is 1.56. The number of ether oxygens (including phenoxy) is 1. The number of halogens is 2. The first-order valence-electron chi connectivity index (χ1n) is 3.58. The maximum Gasteiger partial charge on any atom is 0.137 e. The molecule has 0 N–H and O–H groups in total. The van der Waals surface area contributed by atoms with Crippen LogP contribution in [0.5, 0.6) is 5.75 Å². The van der Waals surface area contributed by atoms with Gasteiger partial charge in [0.15, 0.2) is 0 Å². The van der Waals surface area contributed by atoms with Gasteiger partial charge in [-0.25, -0.2) is 0 Å². The largest absolute Gasteiger partial charge is 0.495 e. The van der Waals surface area contributed by atoms with Crippen LogP contribution in [-0.2, 0) is 6.42 Å². The van der Waals surface area contributed by atoms with E-state index >= 15 is 0 Å². The number of rotatable bonds is 2. The average molecular weight is 216 g/mol. The van der Waals surface area contributed by atoms with Crippen molar-refractivity contribution in [3.63, 3.8) is 0 Å². The Morgan fingerprint density at radius 1 is 1.46 bits per heavy atom. The molecule has 0 radical (unpaired) electrons. The van der Waals surface area contributed by atoms with Crippen LogP contribution in [0.4, 0.5) is 0 Å². The summed E-state index contributed by atoms with van der Waals surface area (Å²) in [4.78, 5) is 0. The van der Waals surface area contributed by atoms with Crippen molar-refractivity contribution in [2.45, 2.75) is 6.42 Å². The molecule has 0 fully saturated rings. The fourth-order valence-electron chi connectivity index (χ4n) is 0.975. The molecule has 0 unspecified atom stereocenters. The Bertz CT molecular complexity index is 357. The number of hydrogen-bond acceptors (Lipinski definition) is 2. The molecular weight excluding hydrogens is 209 g/mol. The first-order chi connectivity index (χ1) is 6.20. The molecule has 2 nitrogen and oxygen atoms in total. The van der Waals surface area contributed by atoms with Gasteiger partial charge in [0.1, 0.15) is 5.75 Å². The molecular formula is C9H7Cl2NO. The van der Waals surface area contributed by atoms with E-state index in [2.05, 4.69) is 0 Å². The number of hydrogen-bond donors (Lipinski definition) is 0. The van der Waals surface area contributed by atoms with E-state index in [9.17, 15) is 0 Å². The van der Waals surface area contributed by atoms with E-state index in [1.165, 1.54) is 7.11 Å². The maximum absolute atomic E-state index is 8.52. The summed E-state index contributed by atoms with van der Waals surface area (Å²) in [6, 6.07) is 5.33. The third-order valence-corrected chi connectivity index (χ3v) is 2.39. The van der Waals surface area contributed by atoms with Gasteiger partial charge in [-0.05, 0) is 12.1 Å². The van der Waals surface area contributed by atoms with Gasteiger partial charge in [0, 0.05) is 10.6 Å². The van der Waals surface area contributed by atoms with Crippen molar-refractivity contribution in [2.75, 3.05) is 7.11 Å². The number of nitrogens with zero attached hydrogens (tertiary/aromatic N) is 1. The molecule has 0 saturated heterocycles. The van der Waals surface area contributed by atoms with Crippen molar-refractivity contribution in [3.8, 4) is 11.8 Å². The summed E-state index contributed by atoms with van der Waals surface area (Å²) in [5.74, 6) is 0.538. The molecule has 1 aromatic rings. The van der Waals surface area contributed by atoms with Crippen LogP contribution in [0.15, 0.2) is 12.1 Å². The van der Waals surface area contributed by atoms with Crippen molar-refractivity contribution in [1.29, 1.82) is 5.26 Å². The van der Waals surface area contributed by atoms with E-state index in [0.29, 0.717) is 21.4 Å². The predicted octanol–water partition coefficient (Wildman–Crippen LogP) is 3.07. The topological polar surface area (TPSA) is 33.0 Å². The highest BCUT2D eigenvalue weighted by molar-refractivity contribution is 6.37. The van der Waals surface area contributed by atoms with E-state index in [4.69, 9.17) is 33.2 Å². The summed E-state index contributed by atoms with van der Waals surface area (Å²) in [6.45, 7) is 0. The van der Waals surface area contributed by atoms with Gasteiger partial charge < -0.3 is 4.74 Å². The predicted molar refractivity (Wildman–Crippen MR) is 52.3 cm³/mol. The first-order valence-corrected chi connectivity index (χ1v) is 4.34. The molecule has 13 heavy (non-hydrogen) atoms. The molecule has 0 heterocycles. The van der Waals surface area contributed by atoms with E-state index in [1.807, 2.05) is 6.07 Å². The molecule has 68 valence electrons. The Kier molecular flexibility index (Phi) is 3.41. The standard InChI is InChI=1S/C9H7Cl2NO/c1-13-8-3-2-7(10)6(4-5-12)9(8)11/h2-3H,4H2,1H3. The summed E-state index contributed by atoms with van der Waals surface area (Å²) in [5.41, 5.74) is 0.616. The quantitative estimate of drug-likeness (QED) is 0.760. The molecule has 0 aliphatic carbocycles. The molecule has 0 atom stereocenters. The SMILES string of the molecule is COc1ccc(Cl)c(CC#N)c1Cl. The molecule has 0 amide bonds. The van der Waals surface area contributed by atoms with Crippen molar-refractivity contribution < 1.29 is 4.74 Å². The van der Waals surface area contributed by atoms with Crippen LogP contribution in [0.2, 0.25) is 10.0 Å². The molecule has 0 saturated carbocycles. The maximum atomic E-state index is 8.52. The normalized spacial score (nSPS) is 9.38. The molecule has 0 spiro atoms. The third kappa shape index (κ3) is 2.06. The molecule has 1 aromatic carbocycles. The van der Waals surface area contributed by atoms with E-state index in [-0.39, 0.29) is 6.42 Å². The first kappa shape index (κ1) is 10.2. The summed E-state index contributed by atoms with van der Waals surface area (Å²) in [5, 5.41) is 9.43. The summed E-state index contributed by atoms with van der Waals surface area (Å²) in [7, 11) is 1.52. The molecule has 1 rings (SSSR count). The Morgan fingerprint density at radius 2 is 2.15 bits per heavy atom. The van der Waals surface area contributed by atoms with Gasteiger partial charge in [-0.15, -0.1) is 0 Å². The van der Waals surface area contributed by atoms with Gasteiger partial charge in [-0.2, -0.15) is 5.26 Å². The minimum atomic E-state index is 0.189. The number of methoxy groups -OCH3 is 1. The fraction of sp³-hybridized carbons (Fsp3) is 0.222.